The number of rotatable bonds is 7. The molecule has 3 fully saturated rings. The monoisotopic (exact) mass is 509 g/mol. The molecule has 2 saturated heterocycles. The Morgan fingerprint density at radius 1 is 0.919 bits per heavy atom. The molecule has 0 atom stereocenters. The van der Waals surface area contributed by atoms with Crippen molar-refractivity contribution in [2.45, 2.75) is 57.0 Å². The number of nitrogen functional groups attached to an aromatic ring is 2. The van der Waals surface area contributed by atoms with Crippen LogP contribution in [0.25, 0.3) is 0 Å². The molecule has 2 aliphatic heterocycles. The van der Waals surface area contributed by atoms with E-state index in [1.54, 1.807) is 7.11 Å². The van der Waals surface area contributed by atoms with Gasteiger partial charge in [-0.3, -0.25) is 4.90 Å². The maximum atomic E-state index is 6.21. The molecule has 3 aliphatic rings. The molecule has 1 aromatic heterocycles. The highest BCUT2D eigenvalue weighted by Gasteiger charge is 2.27. The standard InChI is InChI=1S/C27H43N9O/c1-34-12-10-20(11-13-34)35-14-16-36(17-15-35)21-8-9-22(23(18-21)37-2)31-27-32-25(29)24(28)26(33-27)30-19-6-4-3-5-7-19/h8-9,18-20H,3-7,10-17,28H2,1-2H3,(H4,29,30,31,32,33). The summed E-state index contributed by atoms with van der Waals surface area (Å²) in [7, 11) is 3.91. The number of nitrogens with one attached hydrogen (secondary N) is 2. The number of piperazine rings is 1. The Kier molecular flexibility index (Phi) is 8.05. The van der Waals surface area contributed by atoms with Crippen molar-refractivity contribution in [2.75, 3.05) is 80.4 Å². The topological polar surface area (TPSA) is 121 Å². The lowest BCUT2D eigenvalue weighted by molar-refractivity contribution is 0.115. The van der Waals surface area contributed by atoms with Gasteiger partial charge in [0, 0.05) is 50.0 Å². The molecule has 37 heavy (non-hydrogen) atoms. The summed E-state index contributed by atoms with van der Waals surface area (Å²) in [6, 6.07) is 7.35. The van der Waals surface area contributed by atoms with Crippen LogP contribution in [0.1, 0.15) is 44.9 Å². The van der Waals surface area contributed by atoms with E-state index in [9.17, 15) is 0 Å². The highest BCUT2D eigenvalue weighted by Crippen LogP contribution is 2.34. The van der Waals surface area contributed by atoms with Crippen LogP contribution in [0, 0.1) is 0 Å². The number of hydrogen-bond acceptors (Lipinski definition) is 10. The number of anilines is 6. The third-order valence-electron chi connectivity index (χ3n) is 8.24. The second-order valence-corrected chi connectivity index (χ2v) is 10.7. The van der Waals surface area contributed by atoms with Crippen LogP contribution in [0.15, 0.2) is 18.2 Å². The third kappa shape index (κ3) is 6.13. The third-order valence-corrected chi connectivity index (χ3v) is 8.24. The van der Waals surface area contributed by atoms with E-state index < -0.39 is 0 Å². The normalized spacial score (nSPS) is 20.6. The number of nitrogens with zero attached hydrogens (tertiary/aromatic N) is 5. The molecule has 0 spiro atoms. The second-order valence-electron chi connectivity index (χ2n) is 10.7. The van der Waals surface area contributed by atoms with E-state index in [0.29, 0.717) is 23.5 Å². The van der Waals surface area contributed by atoms with E-state index in [1.165, 1.54) is 50.9 Å². The molecule has 5 rings (SSSR count). The van der Waals surface area contributed by atoms with E-state index in [2.05, 4.69) is 54.5 Å². The molecule has 1 saturated carbocycles. The van der Waals surface area contributed by atoms with Gasteiger partial charge in [-0.2, -0.15) is 9.97 Å². The van der Waals surface area contributed by atoms with Crippen molar-refractivity contribution in [2.24, 2.45) is 0 Å². The van der Waals surface area contributed by atoms with Crippen LogP contribution in [0.2, 0.25) is 0 Å². The zero-order chi connectivity index (χ0) is 25.8. The molecule has 0 amide bonds. The first-order valence-electron chi connectivity index (χ1n) is 13.8. The Balaban J connectivity index is 1.24. The van der Waals surface area contributed by atoms with Gasteiger partial charge in [-0.25, -0.2) is 0 Å². The smallest absolute Gasteiger partial charge is 0.231 e. The first kappa shape index (κ1) is 25.7. The van der Waals surface area contributed by atoms with Crippen molar-refractivity contribution < 1.29 is 4.74 Å². The molecule has 0 bridgehead atoms. The summed E-state index contributed by atoms with van der Waals surface area (Å²) in [5.74, 6) is 2.02. The minimum Gasteiger partial charge on any atom is -0.494 e. The summed E-state index contributed by atoms with van der Waals surface area (Å²) in [6.45, 7) is 6.67. The largest absolute Gasteiger partial charge is 0.494 e. The van der Waals surface area contributed by atoms with Crippen LogP contribution >= 0.6 is 0 Å². The highest BCUT2D eigenvalue weighted by atomic mass is 16.5. The van der Waals surface area contributed by atoms with E-state index >= 15 is 0 Å². The van der Waals surface area contributed by atoms with Gasteiger partial charge in [0.25, 0.3) is 0 Å². The van der Waals surface area contributed by atoms with Gasteiger partial charge in [-0.05, 0) is 58.0 Å². The van der Waals surface area contributed by atoms with Crippen LogP contribution in [0.5, 0.6) is 5.75 Å². The minimum atomic E-state index is 0.272. The maximum absolute atomic E-state index is 6.21. The zero-order valence-corrected chi connectivity index (χ0v) is 22.4. The van der Waals surface area contributed by atoms with Gasteiger partial charge in [0.1, 0.15) is 11.4 Å². The highest BCUT2D eigenvalue weighted by molar-refractivity contribution is 5.76. The van der Waals surface area contributed by atoms with Crippen molar-refractivity contribution in [3.63, 3.8) is 0 Å². The Morgan fingerprint density at radius 3 is 2.35 bits per heavy atom. The number of likely N-dealkylation sites (tertiary alicyclic amines) is 1. The summed E-state index contributed by atoms with van der Waals surface area (Å²) in [4.78, 5) is 16.6. The number of ether oxygens (including phenoxy) is 1. The molecule has 0 unspecified atom stereocenters. The molecule has 202 valence electrons. The molecule has 6 N–H and O–H groups in total. The van der Waals surface area contributed by atoms with Gasteiger partial charge in [-0.1, -0.05) is 19.3 Å². The molecule has 0 radical (unpaired) electrons. The Labute approximate surface area is 220 Å². The molecular formula is C27H43N9O. The molecule has 1 aliphatic carbocycles. The van der Waals surface area contributed by atoms with Gasteiger partial charge in [0.2, 0.25) is 5.95 Å². The minimum absolute atomic E-state index is 0.272. The fraction of sp³-hybridized carbons (Fsp3) is 0.630. The summed E-state index contributed by atoms with van der Waals surface area (Å²) < 4.78 is 5.75. The van der Waals surface area contributed by atoms with Crippen molar-refractivity contribution in [1.29, 1.82) is 0 Å². The lowest BCUT2D eigenvalue weighted by atomic mass is 9.95. The lowest BCUT2D eigenvalue weighted by Crippen LogP contribution is -2.53. The van der Waals surface area contributed by atoms with E-state index in [0.717, 1.165) is 56.5 Å². The molecule has 2 aromatic rings. The van der Waals surface area contributed by atoms with Gasteiger partial charge in [0.15, 0.2) is 11.6 Å². The fourth-order valence-electron chi connectivity index (χ4n) is 5.90. The lowest BCUT2D eigenvalue weighted by Gasteiger charge is -2.43. The number of nitrogens with two attached hydrogens (primary N) is 2. The first-order valence-corrected chi connectivity index (χ1v) is 13.8. The van der Waals surface area contributed by atoms with E-state index in [1.807, 2.05) is 6.07 Å². The van der Waals surface area contributed by atoms with Crippen LogP contribution in [-0.4, -0.2) is 85.3 Å². The molecular weight excluding hydrogens is 466 g/mol. The molecule has 10 heteroatoms. The van der Waals surface area contributed by atoms with Crippen LogP contribution in [0.4, 0.5) is 34.6 Å². The number of aromatic nitrogens is 2. The zero-order valence-electron chi connectivity index (χ0n) is 22.4. The van der Waals surface area contributed by atoms with E-state index in [-0.39, 0.29) is 5.82 Å². The van der Waals surface area contributed by atoms with Gasteiger partial charge in [-0.15, -0.1) is 0 Å². The van der Waals surface area contributed by atoms with Crippen LogP contribution in [0.3, 0.4) is 0 Å². The van der Waals surface area contributed by atoms with Crippen molar-refractivity contribution in [3.05, 3.63) is 18.2 Å². The van der Waals surface area contributed by atoms with Gasteiger partial charge < -0.3 is 36.6 Å². The summed E-state index contributed by atoms with van der Waals surface area (Å²) in [5, 5.41) is 6.79. The molecule has 3 heterocycles. The van der Waals surface area contributed by atoms with Crippen LogP contribution in [-0.2, 0) is 0 Å². The van der Waals surface area contributed by atoms with Crippen molar-refractivity contribution in [1.82, 2.24) is 19.8 Å². The quantitative estimate of drug-likeness (QED) is 0.442. The number of benzene rings is 1. The SMILES string of the molecule is COc1cc(N2CCN(C3CCN(C)CC3)CC2)ccc1Nc1nc(N)c(N)c(NC2CCCCC2)n1. The average molecular weight is 510 g/mol. The summed E-state index contributed by atoms with van der Waals surface area (Å²) in [5.41, 5.74) is 14.7. The van der Waals surface area contributed by atoms with Gasteiger partial charge >= 0.3 is 0 Å². The maximum Gasteiger partial charge on any atom is 0.231 e. The average Bonchev–Trinajstić information content (AvgIpc) is 2.93. The number of methoxy groups -OCH3 is 1. The second kappa shape index (κ2) is 11.6. The predicted octanol–water partition coefficient (Wildman–Crippen LogP) is 3.35. The van der Waals surface area contributed by atoms with Crippen LogP contribution < -0.4 is 31.7 Å². The Bertz CT molecular complexity index is 1040. The molecule has 10 nitrogen and oxygen atoms in total. The summed E-state index contributed by atoms with van der Waals surface area (Å²) in [6.07, 6.45) is 8.53. The predicted molar refractivity (Wildman–Crippen MR) is 152 cm³/mol. The van der Waals surface area contributed by atoms with Gasteiger partial charge in [0.05, 0.1) is 12.8 Å². The first-order chi connectivity index (χ1) is 18.0. The molecule has 1 aromatic carbocycles. The summed E-state index contributed by atoms with van der Waals surface area (Å²) >= 11 is 0. The van der Waals surface area contributed by atoms with Crippen molar-refractivity contribution >= 4 is 34.6 Å². The Morgan fingerprint density at radius 2 is 1.65 bits per heavy atom. The number of piperidine rings is 1. The fourth-order valence-corrected chi connectivity index (χ4v) is 5.90. The van der Waals surface area contributed by atoms with Crippen molar-refractivity contribution in [3.8, 4) is 5.75 Å². The number of hydrogen-bond donors (Lipinski definition) is 4. The Hall–Kier alpha value is -2.98. The van der Waals surface area contributed by atoms with E-state index in [4.69, 9.17) is 16.2 Å².